The molecule has 1 aliphatic heterocycles. The second-order valence-corrected chi connectivity index (χ2v) is 6.10. The van der Waals surface area contributed by atoms with Crippen LogP contribution >= 0.6 is 22.6 Å². The van der Waals surface area contributed by atoms with Crippen LogP contribution in [0.2, 0.25) is 0 Å². The molecule has 20 heavy (non-hydrogen) atoms. The lowest BCUT2D eigenvalue weighted by Crippen LogP contribution is -2.29. The van der Waals surface area contributed by atoms with E-state index in [0.717, 1.165) is 18.0 Å². The number of ether oxygens (including phenoxy) is 1. The Balaban J connectivity index is 1.98. The van der Waals surface area contributed by atoms with Gasteiger partial charge in [0.15, 0.2) is 0 Å². The molecule has 0 bridgehead atoms. The van der Waals surface area contributed by atoms with Crippen LogP contribution in [0.25, 0.3) is 0 Å². The van der Waals surface area contributed by atoms with E-state index in [1.54, 1.807) is 10.8 Å². The number of aromatic nitrogens is 2. The number of nitrogens with zero attached hydrogens (tertiary/aromatic N) is 2. The molecule has 2 aromatic rings. The zero-order valence-corrected chi connectivity index (χ0v) is 13.3. The summed E-state index contributed by atoms with van der Waals surface area (Å²) in [4.78, 5) is 16.5. The molecule has 0 fully saturated rings. The lowest BCUT2D eigenvalue weighted by Gasteiger charge is -2.26. The van der Waals surface area contributed by atoms with Crippen molar-refractivity contribution in [2.75, 3.05) is 6.61 Å². The van der Waals surface area contributed by atoms with Crippen molar-refractivity contribution in [2.45, 2.75) is 25.8 Å². The molecule has 1 unspecified atom stereocenters. The van der Waals surface area contributed by atoms with E-state index in [2.05, 4.69) is 11.1 Å². The summed E-state index contributed by atoms with van der Waals surface area (Å²) in [5.41, 5.74) is 1.23. The highest BCUT2D eigenvalue weighted by Crippen LogP contribution is 2.34. The highest BCUT2D eigenvalue weighted by atomic mass is 127. The molecule has 0 saturated heterocycles. The van der Waals surface area contributed by atoms with E-state index in [-0.39, 0.29) is 5.56 Å². The van der Waals surface area contributed by atoms with Gasteiger partial charge in [-0.05, 0) is 47.6 Å². The highest BCUT2D eigenvalue weighted by Gasteiger charge is 2.22. The van der Waals surface area contributed by atoms with Crippen molar-refractivity contribution in [3.8, 4) is 5.75 Å². The fourth-order valence-corrected chi connectivity index (χ4v) is 3.02. The van der Waals surface area contributed by atoms with Crippen LogP contribution in [-0.4, -0.2) is 16.2 Å². The lowest BCUT2D eigenvalue weighted by atomic mass is 9.93. The van der Waals surface area contributed by atoms with Gasteiger partial charge in [-0.2, -0.15) is 0 Å². The Bertz CT molecular complexity index is 697. The fraction of sp³-hybridized carbons (Fsp3) is 0.333. The Kier molecular flexibility index (Phi) is 3.78. The Hall–Kier alpha value is -1.37. The molecule has 3 rings (SSSR count). The standard InChI is InChI=1S/C15H15IN2O2/c1-10-17-8-13(16)15(19)18(10)9-11-6-7-20-14-5-3-2-4-12(11)14/h2-5,8,11H,6-7,9H2,1H3. The first kappa shape index (κ1) is 13.6. The second-order valence-electron chi connectivity index (χ2n) is 4.94. The Labute approximate surface area is 130 Å². The van der Waals surface area contributed by atoms with Gasteiger partial charge in [0, 0.05) is 18.7 Å². The van der Waals surface area contributed by atoms with Crippen LogP contribution in [-0.2, 0) is 6.54 Å². The van der Waals surface area contributed by atoms with E-state index < -0.39 is 0 Å². The largest absolute Gasteiger partial charge is 0.493 e. The topological polar surface area (TPSA) is 44.1 Å². The van der Waals surface area contributed by atoms with Crippen LogP contribution in [0.4, 0.5) is 0 Å². The summed E-state index contributed by atoms with van der Waals surface area (Å²) >= 11 is 2.04. The van der Waals surface area contributed by atoms with Gasteiger partial charge in [-0.3, -0.25) is 9.36 Å². The summed E-state index contributed by atoms with van der Waals surface area (Å²) in [6.07, 6.45) is 2.56. The molecule has 1 aromatic carbocycles. The normalized spacial score (nSPS) is 17.4. The van der Waals surface area contributed by atoms with Gasteiger partial charge in [0.25, 0.3) is 5.56 Å². The number of benzene rings is 1. The van der Waals surface area contributed by atoms with E-state index in [1.165, 1.54) is 5.56 Å². The van der Waals surface area contributed by atoms with Crippen molar-refractivity contribution >= 4 is 22.6 Å². The maximum absolute atomic E-state index is 12.3. The molecule has 0 aliphatic carbocycles. The van der Waals surface area contributed by atoms with Gasteiger partial charge in [-0.25, -0.2) is 4.98 Å². The number of hydrogen-bond acceptors (Lipinski definition) is 3. The van der Waals surface area contributed by atoms with E-state index in [4.69, 9.17) is 4.74 Å². The second kappa shape index (κ2) is 5.55. The Morgan fingerprint density at radius 3 is 3.10 bits per heavy atom. The molecule has 1 atom stereocenters. The van der Waals surface area contributed by atoms with Crippen LogP contribution in [0.15, 0.2) is 35.3 Å². The summed E-state index contributed by atoms with van der Waals surface area (Å²) in [5, 5.41) is 0. The molecule has 1 aliphatic rings. The molecule has 0 saturated carbocycles. The number of aryl methyl sites for hydroxylation is 1. The van der Waals surface area contributed by atoms with Gasteiger partial charge in [0.2, 0.25) is 0 Å². The van der Waals surface area contributed by atoms with Gasteiger partial charge in [0.05, 0.1) is 10.2 Å². The third kappa shape index (κ3) is 2.46. The Morgan fingerprint density at radius 2 is 2.25 bits per heavy atom. The minimum Gasteiger partial charge on any atom is -0.493 e. The average Bonchev–Trinajstić information content (AvgIpc) is 2.48. The van der Waals surface area contributed by atoms with Gasteiger partial charge in [-0.1, -0.05) is 18.2 Å². The lowest BCUT2D eigenvalue weighted by molar-refractivity contribution is 0.257. The molecular formula is C15H15IN2O2. The molecule has 0 amide bonds. The predicted octanol–water partition coefficient (Wildman–Crippen LogP) is 2.72. The van der Waals surface area contributed by atoms with Crippen LogP contribution in [0.3, 0.4) is 0 Å². The van der Waals surface area contributed by atoms with Crippen molar-refractivity contribution in [2.24, 2.45) is 0 Å². The number of halogens is 1. The number of para-hydroxylation sites is 1. The smallest absolute Gasteiger partial charge is 0.266 e. The zero-order valence-electron chi connectivity index (χ0n) is 11.2. The van der Waals surface area contributed by atoms with Crippen molar-refractivity contribution in [3.63, 3.8) is 0 Å². The van der Waals surface area contributed by atoms with Crippen LogP contribution in [0.1, 0.15) is 23.7 Å². The van der Waals surface area contributed by atoms with Gasteiger partial charge < -0.3 is 4.74 Å². The molecule has 0 spiro atoms. The van der Waals surface area contributed by atoms with E-state index in [1.807, 2.05) is 47.7 Å². The van der Waals surface area contributed by atoms with Gasteiger partial charge in [-0.15, -0.1) is 0 Å². The SMILES string of the molecule is Cc1ncc(I)c(=O)n1CC1CCOc2ccccc21. The van der Waals surface area contributed by atoms with Crippen molar-refractivity contribution in [3.05, 3.63) is 55.8 Å². The summed E-state index contributed by atoms with van der Waals surface area (Å²) in [6.45, 7) is 3.24. The van der Waals surface area contributed by atoms with Crippen LogP contribution < -0.4 is 10.3 Å². The van der Waals surface area contributed by atoms with E-state index in [9.17, 15) is 4.79 Å². The molecule has 1 aromatic heterocycles. The molecular weight excluding hydrogens is 367 g/mol. The molecule has 104 valence electrons. The minimum absolute atomic E-state index is 0.0436. The minimum atomic E-state index is 0.0436. The average molecular weight is 382 g/mol. The van der Waals surface area contributed by atoms with Crippen molar-refractivity contribution in [1.29, 1.82) is 0 Å². The van der Waals surface area contributed by atoms with Crippen molar-refractivity contribution < 1.29 is 4.74 Å². The first-order valence-electron chi connectivity index (χ1n) is 6.60. The molecule has 4 nitrogen and oxygen atoms in total. The number of fused-ring (bicyclic) bond motifs is 1. The first-order chi connectivity index (χ1) is 9.66. The van der Waals surface area contributed by atoms with Crippen LogP contribution in [0.5, 0.6) is 5.75 Å². The summed E-state index contributed by atoms with van der Waals surface area (Å²) in [7, 11) is 0. The maximum Gasteiger partial charge on any atom is 0.266 e. The number of rotatable bonds is 2. The Morgan fingerprint density at radius 1 is 1.45 bits per heavy atom. The quantitative estimate of drug-likeness (QED) is 0.751. The molecule has 2 heterocycles. The maximum atomic E-state index is 12.3. The van der Waals surface area contributed by atoms with Gasteiger partial charge in [0.1, 0.15) is 11.6 Å². The van der Waals surface area contributed by atoms with Crippen molar-refractivity contribution in [1.82, 2.24) is 9.55 Å². The van der Waals surface area contributed by atoms with E-state index in [0.29, 0.717) is 22.6 Å². The van der Waals surface area contributed by atoms with Crippen LogP contribution in [0, 0.1) is 10.5 Å². The molecule has 5 heteroatoms. The third-order valence-electron chi connectivity index (χ3n) is 3.69. The van der Waals surface area contributed by atoms with E-state index >= 15 is 0 Å². The summed E-state index contributed by atoms with van der Waals surface area (Å²) in [5.74, 6) is 2.00. The first-order valence-corrected chi connectivity index (χ1v) is 7.68. The molecule has 0 N–H and O–H groups in total. The zero-order chi connectivity index (χ0) is 14.1. The highest BCUT2D eigenvalue weighted by molar-refractivity contribution is 14.1. The third-order valence-corrected chi connectivity index (χ3v) is 4.43. The summed E-state index contributed by atoms with van der Waals surface area (Å²) in [6, 6.07) is 8.07. The fourth-order valence-electron chi connectivity index (χ4n) is 2.59. The van der Waals surface area contributed by atoms with Gasteiger partial charge >= 0.3 is 0 Å². The number of hydrogen-bond donors (Lipinski definition) is 0. The predicted molar refractivity (Wildman–Crippen MR) is 85.2 cm³/mol. The monoisotopic (exact) mass is 382 g/mol. The summed E-state index contributed by atoms with van der Waals surface area (Å²) < 4.78 is 8.10. The molecule has 0 radical (unpaired) electrons.